The van der Waals surface area contributed by atoms with E-state index >= 15 is 0 Å². The van der Waals surface area contributed by atoms with Crippen LogP contribution in [0, 0.1) is 0 Å². The third-order valence-electron chi connectivity index (χ3n) is 3.04. The fourth-order valence-electron chi connectivity index (χ4n) is 1.79. The van der Waals surface area contributed by atoms with Gasteiger partial charge in [-0.05, 0) is 25.0 Å². The summed E-state index contributed by atoms with van der Waals surface area (Å²) in [6.45, 7) is 0.364. The average molecular weight is 234 g/mol. The molecule has 0 bridgehead atoms. The molecular formula is C13H18N2O2. The van der Waals surface area contributed by atoms with E-state index in [1.807, 2.05) is 24.3 Å². The average Bonchev–Trinajstić information content (AvgIpc) is 2.27. The van der Waals surface area contributed by atoms with E-state index in [4.69, 9.17) is 4.74 Å². The highest BCUT2D eigenvalue weighted by molar-refractivity contribution is 5.93. The van der Waals surface area contributed by atoms with Crippen LogP contribution in [-0.4, -0.2) is 25.6 Å². The van der Waals surface area contributed by atoms with Crippen LogP contribution in [0.3, 0.4) is 0 Å². The summed E-state index contributed by atoms with van der Waals surface area (Å²) in [5.41, 5.74) is 0.718. The summed E-state index contributed by atoms with van der Waals surface area (Å²) in [7, 11) is 1.59. The Morgan fingerprint density at radius 3 is 2.82 bits per heavy atom. The molecule has 1 amide bonds. The monoisotopic (exact) mass is 234 g/mol. The van der Waals surface area contributed by atoms with Crippen molar-refractivity contribution in [3.05, 3.63) is 24.3 Å². The van der Waals surface area contributed by atoms with Crippen LogP contribution >= 0.6 is 0 Å². The fraction of sp³-hybridized carbons (Fsp3) is 0.462. The van der Waals surface area contributed by atoms with E-state index in [1.54, 1.807) is 7.11 Å². The summed E-state index contributed by atoms with van der Waals surface area (Å²) >= 11 is 0. The maximum absolute atomic E-state index is 11.7. The van der Waals surface area contributed by atoms with E-state index in [-0.39, 0.29) is 5.91 Å². The number of carbonyl (C=O) groups excluding carboxylic acids is 1. The number of ether oxygens (including phenoxy) is 1. The Labute approximate surface area is 101 Å². The lowest BCUT2D eigenvalue weighted by molar-refractivity contribution is -0.115. The second-order valence-corrected chi connectivity index (χ2v) is 4.26. The van der Waals surface area contributed by atoms with Gasteiger partial charge in [0, 0.05) is 6.04 Å². The molecule has 1 fully saturated rings. The van der Waals surface area contributed by atoms with E-state index in [9.17, 15) is 4.79 Å². The van der Waals surface area contributed by atoms with Crippen molar-refractivity contribution in [2.24, 2.45) is 0 Å². The molecule has 0 spiro atoms. The van der Waals surface area contributed by atoms with Crippen molar-refractivity contribution in [3.63, 3.8) is 0 Å². The molecule has 0 unspecified atom stereocenters. The van der Waals surface area contributed by atoms with Gasteiger partial charge in [-0.3, -0.25) is 4.79 Å². The Morgan fingerprint density at radius 1 is 1.41 bits per heavy atom. The number of anilines is 1. The molecule has 1 aliphatic carbocycles. The number of hydrogen-bond acceptors (Lipinski definition) is 3. The second-order valence-electron chi connectivity index (χ2n) is 4.26. The van der Waals surface area contributed by atoms with E-state index in [0.29, 0.717) is 18.3 Å². The highest BCUT2D eigenvalue weighted by atomic mass is 16.5. The maximum Gasteiger partial charge on any atom is 0.238 e. The summed E-state index contributed by atoms with van der Waals surface area (Å²) < 4.78 is 5.17. The number of nitrogens with one attached hydrogen (secondary N) is 2. The summed E-state index contributed by atoms with van der Waals surface area (Å²) in [6, 6.07) is 7.94. The molecule has 2 N–H and O–H groups in total. The van der Waals surface area contributed by atoms with E-state index in [2.05, 4.69) is 10.6 Å². The molecule has 1 aromatic rings. The van der Waals surface area contributed by atoms with Gasteiger partial charge in [0.1, 0.15) is 5.75 Å². The van der Waals surface area contributed by atoms with Crippen LogP contribution in [0.25, 0.3) is 0 Å². The Bertz CT molecular complexity index is 389. The van der Waals surface area contributed by atoms with E-state index in [0.717, 1.165) is 5.69 Å². The predicted molar refractivity (Wildman–Crippen MR) is 67.3 cm³/mol. The molecule has 0 saturated heterocycles. The summed E-state index contributed by atoms with van der Waals surface area (Å²) in [5, 5.41) is 6.06. The van der Waals surface area contributed by atoms with Crippen LogP contribution in [0.2, 0.25) is 0 Å². The molecule has 0 atom stereocenters. The minimum absolute atomic E-state index is 0.0265. The zero-order valence-corrected chi connectivity index (χ0v) is 10.0. The van der Waals surface area contributed by atoms with Gasteiger partial charge < -0.3 is 15.4 Å². The van der Waals surface area contributed by atoms with Gasteiger partial charge in [-0.15, -0.1) is 0 Å². The second kappa shape index (κ2) is 5.68. The number of amides is 1. The zero-order chi connectivity index (χ0) is 12.1. The molecule has 0 radical (unpaired) electrons. The lowest BCUT2D eigenvalue weighted by Gasteiger charge is -2.26. The number of carbonyl (C=O) groups is 1. The molecule has 0 heterocycles. The highest BCUT2D eigenvalue weighted by Crippen LogP contribution is 2.23. The molecule has 4 heteroatoms. The van der Waals surface area contributed by atoms with Crippen molar-refractivity contribution in [3.8, 4) is 5.75 Å². The number of hydrogen-bond donors (Lipinski definition) is 2. The lowest BCUT2D eigenvalue weighted by Crippen LogP contribution is -2.40. The number of para-hydroxylation sites is 2. The van der Waals surface area contributed by atoms with Crippen molar-refractivity contribution < 1.29 is 9.53 Å². The first-order chi connectivity index (χ1) is 8.29. The molecule has 1 saturated carbocycles. The summed E-state index contributed by atoms with van der Waals surface area (Å²) in [5.74, 6) is 0.658. The maximum atomic E-state index is 11.7. The van der Waals surface area contributed by atoms with Gasteiger partial charge in [-0.1, -0.05) is 18.6 Å². The zero-order valence-electron chi connectivity index (χ0n) is 10.0. The Hall–Kier alpha value is -1.55. The van der Waals surface area contributed by atoms with Crippen molar-refractivity contribution in [1.82, 2.24) is 5.32 Å². The van der Waals surface area contributed by atoms with Crippen molar-refractivity contribution in [2.45, 2.75) is 25.3 Å². The van der Waals surface area contributed by atoms with Gasteiger partial charge in [0.2, 0.25) is 5.91 Å². The smallest absolute Gasteiger partial charge is 0.238 e. The number of benzene rings is 1. The minimum atomic E-state index is -0.0265. The molecule has 92 valence electrons. The van der Waals surface area contributed by atoms with Crippen LogP contribution in [0.4, 0.5) is 5.69 Å². The first-order valence-corrected chi connectivity index (χ1v) is 5.96. The van der Waals surface area contributed by atoms with Crippen molar-refractivity contribution >= 4 is 11.6 Å². The minimum Gasteiger partial charge on any atom is -0.495 e. The van der Waals surface area contributed by atoms with Crippen molar-refractivity contribution in [2.75, 3.05) is 19.0 Å². The molecule has 0 aliphatic heterocycles. The van der Waals surface area contributed by atoms with Crippen LogP contribution < -0.4 is 15.4 Å². The fourth-order valence-corrected chi connectivity index (χ4v) is 1.79. The van der Waals surface area contributed by atoms with Gasteiger partial charge >= 0.3 is 0 Å². The third-order valence-corrected chi connectivity index (χ3v) is 3.04. The first kappa shape index (κ1) is 11.9. The van der Waals surface area contributed by atoms with Gasteiger partial charge in [-0.2, -0.15) is 0 Å². The Morgan fingerprint density at radius 2 is 2.18 bits per heavy atom. The lowest BCUT2D eigenvalue weighted by atomic mass is 9.93. The van der Waals surface area contributed by atoms with Crippen LogP contribution in [0.15, 0.2) is 24.3 Å². The van der Waals surface area contributed by atoms with Gasteiger partial charge in [0.15, 0.2) is 0 Å². The number of methoxy groups -OCH3 is 1. The number of rotatable bonds is 5. The molecule has 17 heavy (non-hydrogen) atoms. The van der Waals surface area contributed by atoms with Crippen LogP contribution in [0.5, 0.6) is 5.75 Å². The normalized spacial score (nSPS) is 15.1. The van der Waals surface area contributed by atoms with E-state index < -0.39 is 0 Å². The Kier molecular flexibility index (Phi) is 3.98. The SMILES string of the molecule is COc1ccccc1NC(=O)CNC1CCC1. The van der Waals surface area contributed by atoms with Gasteiger partial charge in [-0.25, -0.2) is 0 Å². The summed E-state index contributed by atoms with van der Waals surface area (Å²) in [6.07, 6.45) is 3.63. The largest absolute Gasteiger partial charge is 0.495 e. The van der Waals surface area contributed by atoms with E-state index in [1.165, 1.54) is 19.3 Å². The first-order valence-electron chi connectivity index (χ1n) is 5.96. The molecule has 2 rings (SSSR count). The molecule has 4 nitrogen and oxygen atoms in total. The van der Waals surface area contributed by atoms with Crippen molar-refractivity contribution in [1.29, 1.82) is 0 Å². The molecule has 1 aliphatic rings. The van der Waals surface area contributed by atoms with Gasteiger partial charge in [0.25, 0.3) is 0 Å². The third kappa shape index (κ3) is 3.20. The molecular weight excluding hydrogens is 216 g/mol. The standard InChI is InChI=1S/C13H18N2O2/c1-17-12-8-3-2-7-11(12)15-13(16)9-14-10-5-4-6-10/h2-3,7-8,10,14H,4-6,9H2,1H3,(H,15,16). The van der Waals surface area contributed by atoms with Crippen LogP contribution in [0.1, 0.15) is 19.3 Å². The topological polar surface area (TPSA) is 50.4 Å². The van der Waals surface area contributed by atoms with Crippen LogP contribution in [-0.2, 0) is 4.79 Å². The quantitative estimate of drug-likeness (QED) is 0.816. The predicted octanol–water partition coefficient (Wildman–Crippen LogP) is 1.78. The highest BCUT2D eigenvalue weighted by Gasteiger charge is 2.17. The molecule has 0 aromatic heterocycles. The molecule has 1 aromatic carbocycles. The summed E-state index contributed by atoms with van der Waals surface area (Å²) in [4.78, 5) is 11.7. The Balaban J connectivity index is 1.84. The van der Waals surface area contributed by atoms with Gasteiger partial charge in [0.05, 0.1) is 19.3 Å².